The monoisotopic (exact) mass is 293 g/mol. The summed E-state index contributed by atoms with van der Waals surface area (Å²) in [7, 11) is 1.70. The molecule has 1 fully saturated rings. The van der Waals surface area contributed by atoms with Crippen LogP contribution in [-0.4, -0.2) is 24.5 Å². The minimum absolute atomic E-state index is 0.226. The van der Waals surface area contributed by atoms with Gasteiger partial charge in [-0.3, -0.25) is 4.79 Å². The van der Waals surface area contributed by atoms with Crippen LogP contribution in [0.3, 0.4) is 0 Å². The molecule has 1 saturated heterocycles. The molecule has 0 aromatic heterocycles. The number of methoxy groups -OCH3 is 1. The van der Waals surface area contributed by atoms with Gasteiger partial charge in [-0.05, 0) is 35.2 Å². The van der Waals surface area contributed by atoms with E-state index >= 15 is 0 Å². The molecule has 2 aromatic carbocycles. The van der Waals surface area contributed by atoms with Gasteiger partial charge in [-0.15, -0.1) is 0 Å². The van der Waals surface area contributed by atoms with Gasteiger partial charge in [-0.2, -0.15) is 0 Å². The van der Waals surface area contributed by atoms with E-state index in [0.29, 0.717) is 6.42 Å². The first-order chi connectivity index (χ1) is 10.8. The molecule has 3 nitrogen and oxygen atoms in total. The maximum atomic E-state index is 12.2. The standard InChI is InChI=1S/C19H19NO2/c1-22-14-7-8-15-16(11-14)17(13-5-3-2-4-6-13)12-20-18(15)9-10-19(20)21/h2-8,11,17-18H,9-10,12H2,1H3/t17-,18+/m1/s1. The molecule has 2 atom stereocenters. The van der Waals surface area contributed by atoms with E-state index in [-0.39, 0.29) is 17.9 Å². The zero-order chi connectivity index (χ0) is 15.1. The zero-order valence-corrected chi connectivity index (χ0v) is 12.7. The third kappa shape index (κ3) is 2.00. The first kappa shape index (κ1) is 13.4. The molecule has 3 heteroatoms. The molecule has 0 unspecified atom stereocenters. The normalized spacial score (nSPS) is 23.1. The highest BCUT2D eigenvalue weighted by molar-refractivity contribution is 5.80. The van der Waals surface area contributed by atoms with Gasteiger partial charge < -0.3 is 9.64 Å². The van der Waals surface area contributed by atoms with E-state index in [1.807, 2.05) is 12.1 Å². The van der Waals surface area contributed by atoms with Crippen LogP contribution >= 0.6 is 0 Å². The van der Waals surface area contributed by atoms with Crippen molar-refractivity contribution < 1.29 is 9.53 Å². The fourth-order valence-corrected chi connectivity index (χ4v) is 3.84. The fourth-order valence-electron chi connectivity index (χ4n) is 3.84. The highest BCUT2D eigenvalue weighted by atomic mass is 16.5. The van der Waals surface area contributed by atoms with Crippen LogP contribution < -0.4 is 4.74 Å². The summed E-state index contributed by atoms with van der Waals surface area (Å²) in [5, 5.41) is 0. The molecule has 2 aliphatic rings. The maximum Gasteiger partial charge on any atom is 0.223 e. The Balaban J connectivity index is 1.86. The van der Waals surface area contributed by atoms with Crippen molar-refractivity contribution in [3.8, 4) is 5.75 Å². The number of nitrogens with zero attached hydrogens (tertiary/aromatic N) is 1. The lowest BCUT2D eigenvalue weighted by molar-refractivity contribution is -0.129. The second-order valence-electron chi connectivity index (χ2n) is 6.06. The topological polar surface area (TPSA) is 29.5 Å². The van der Waals surface area contributed by atoms with E-state index in [1.165, 1.54) is 16.7 Å². The number of ether oxygens (including phenoxy) is 1. The van der Waals surface area contributed by atoms with Gasteiger partial charge in [-0.1, -0.05) is 36.4 Å². The Hall–Kier alpha value is -2.29. The third-order valence-electron chi connectivity index (χ3n) is 4.94. The maximum absolute atomic E-state index is 12.2. The predicted octanol–water partition coefficient (Wildman–Crippen LogP) is 3.50. The van der Waals surface area contributed by atoms with Crippen LogP contribution in [0.2, 0.25) is 0 Å². The number of fused-ring (bicyclic) bond motifs is 3. The van der Waals surface area contributed by atoms with Crippen LogP contribution in [0.1, 0.15) is 41.5 Å². The molecule has 0 saturated carbocycles. The minimum atomic E-state index is 0.226. The Morgan fingerprint density at radius 1 is 1.09 bits per heavy atom. The molecule has 2 aliphatic heterocycles. The number of carbonyl (C=O) groups excluding carboxylic acids is 1. The highest BCUT2D eigenvalue weighted by Gasteiger charge is 2.40. The molecule has 22 heavy (non-hydrogen) atoms. The van der Waals surface area contributed by atoms with Crippen molar-refractivity contribution in [3.05, 3.63) is 65.2 Å². The van der Waals surface area contributed by atoms with Crippen molar-refractivity contribution in [1.29, 1.82) is 0 Å². The Labute approximate surface area is 130 Å². The van der Waals surface area contributed by atoms with E-state index in [9.17, 15) is 4.79 Å². The van der Waals surface area contributed by atoms with Crippen molar-refractivity contribution in [2.45, 2.75) is 24.8 Å². The molecule has 112 valence electrons. The summed E-state index contributed by atoms with van der Waals surface area (Å²) in [4.78, 5) is 14.3. The van der Waals surface area contributed by atoms with Gasteiger partial charge in [0.25, 0.3) is 0 Å². The van der Waals surface area contributed by atoms with Crippen molar-refractivity contribution in [2.75, 3.05) is 13.7 Å². The van der Waals surface area contributed by atoms with Gasteiger partial charge in [0.15, 0.2) is 0 Å². The highest BCUT2D eigenvalue weighted by Crippen LogP contribution is 2.45. The molecule has 0 radical (unpaired) electrons. The smallest absolute Gasteiger partial charge is 0.223 e. The van der Waals surface area contributed by atoms with Gasteiger partial charge in [0.2, 0.25) is 5.91 Å². The average molecular weight is 293 g/mol. The summed E-state index contributed by atoms with van der Waals surface area (Å²) >= 11 is 0. The summed E-state index contributed by atoms with van der Waals surface area (Å²) in [6.07, 6.45) is 1.59. The number of hydrogen-bond donors (Lipinski definition) is 0. The van der Waals surface area contributed by atoms with Gasteiger partial charge in [0.1, 0.15) is 5.75 Å². The SMILES string of the molecule is COc1ccc2c(c1)[C@@H](c1ccccc1)CN1C(=O)CC[C@@H]21. The fraction of sp³-hybridized carbons (Fsp3) is 0.316. The molecule has 1 amide bonds. The lowest BCUT2D eigenvalue weighted by atomic mass is 9.81. The molecule has 0 spiro atoms. The quantitative estimate of drug-likeness (QED) is 0.848. The van der Waals surface area contributed by atoms with Gasteiger partial charge in [0, 0.05) is 18.9 Å². The largest absolute Gasteiger partial charge is 0.497 e. The Bertz CT molecular complexity index is 711. The molecule has 0 N–H and O–H groups in total. The second kappa shape index (κ2) is 5.16. The molecule has 2 aromatic rings. The van der Waals surface area contributed by atoms with Crippen LogP contribution in [0.25, 0.3) is 0 Å². The van der Waals surface area contributed by atoms with Crippen LogP contribution in [-0.2, 0) is 4.79 Å². The molecule has 0 bridgehead atoms. The lowest BCUT2D eigenvalue weighted by Gasteiger charge is -2.37. The van der Waals surface area contributed by atoms with Crippen LogP contribution in [0, 0.1) is 0 Å². The number of amides is 1. The first-order valence-corrected chi connectivity index (χ1v) is 7.80. The average Bonchev–Trinajstić information content (AvgIpc) is 2.95. The van der Waals surface area contributed by atoms with Crippen LogP contribution in [0.5, 0.6) is 5.75 Å². The minimum Gasteiger partial charge on any atom is -0.497 e. The summed E-state index contributed by atoms with van der Waals surface area (Å²) in [6.45, 7) is 0.772. The summed E-state index contributed by atoms with van der Waals surface area (Å²) < 4.78 is 5.42. The first-order valence-electron chi connectivity index (χ1n) is 7.80. The van der Waals surface area contributed by atoms with Crippen molar-refractivity contribution in [3.63, 3.8) is 0 Å². The molecule has 4 rings (SSSR count). The molecule has 2 heterocycles. The summed E-state index contributed by atoms with van der Waals surface area (Å²) in [6, 6.07) is 17.0. The van der Waals surface area contributed by atoms with Gasteiger partial charge in [0.05, 0.1) is 13.2 Å². The van der Waals surface area contributed by atoms with E-state index in [2.05, 4.69) is 41.3 Å². The Kier molecular flexibility index (Phi) is 3.14. The number of hydrogen-bond acceptors (Lipinski definition) is 2. The van der Waals surface area contributed by atoms with Crippen LogP contribution in [0.15, 0.2) is 48.5 Å². The van der Waals surface area contributed by atoms with E-state index in [4.69, 9.17) is 4.74 Å². The summed E-state index contributed by atoms with van der Waals surface area (Å²) in [5.41, 5.74) is 3.85. The lowest BCUT2D eigenvalue weighted by Crippen LogP contribution is -2.37. The molecular weight excluding hydrogens is 274 g/mol. The number of benzene rings is 2. The number of rotatable bonds is 2. The van der Waals surface area contributed by atoms with Crippen LogP contribution in [0.4, 0.5) is 0 Å². The van der Waals surface area contributed by atoms with Gasteiger partial charge in [-0.25, -0.2) is 0 Å². The third-order valence-corrected chi connectivity index (χ3v) is 4.94. The summed E-state index contributed by atoms with van der Waals surface area (Å²) in [5.74, 6) is 1.40. The van der Waals surface area contributed by atoms with Gasteiger partial charge >= 0.3 is 0 Å². The Morgan fingerprint density at radius 3 is 2.68 bits per heavy atom. The zero-order valence-electron chi connectivity index (χ0n) is 12.7. The van der Waals surface area contributed by atoms with Crippen molar-refractivity contribution in [1.82, 2.24) is 4.90 Å². The number of carbonyl (C=O) groups is 1. The van der Waals surface area contributed by atoms with E-state index in [1.54, 1.807) is 7.11 Å². The van der Waals surface area contributed by atoms with E-state index in [0.717, 1.165) is 18.7 Å². The molecule has 0 aliphatic carbocycles. The second-order valence-corrected chi connectivity index (χ2v) is 6.06. The predicted molar refractivity (Wildman–Crippen MR) is 85.0 cm³/mol. The van der Waals surface area contributed by atoms with Crippen molar-refractivity contribution in [2.24, 2.45) is 0 Å². The Morgan fingerprint density at radius 2 is 1.91 bits per heavy atom. The van der Waals surface area contributed by atoms with E-state index < -0.39 is 0 Å². The molecular formula is C19H19NO2. The van der Waals surface area contributed by atoms with Crippen molar-refractivity contribution >= 4 is 5.91 Å².